The number of hydrogen-bond acceptors (Lipinski definition) is 7. The summed E-state index contributed by atoms with van der Waals surface area (Å²) >= 11 is 0. The van der Waals surface area contributed by atoms with Crippen molar-refractivity contribution in [2.75, 3.05) is 33.9 Å². The second-order valence-electron chi connectivity index (χ2n) is 9.30. The average molecular weight is 539 g/mol. The fraction of sp³-hybridized carbons (Fsp3) is 0.333. The molecule has 39 heavy (non-hydrogen) atoms. The molecule has 2 aromatic heterocycles. The highest BCUT2D eigenvalue weighted by molar-refractivity contribution is 6.02. The Bertz CT molecular complexity index is 1540. The first-order valence-corrected chi connectivity index (χ1v) is 12.2. The molecule has 0 atom stereocenters. The molecule has 2 aromatic carbocycles. The first-order valence-electron chi connectivity index (χ1n) is 12.2. The topological polar surface area (TPSA) is 98.2 Å². The Morgan fingerprint density at radius 1 is 1.13 bits per heavy atom. The molecule has 0 spiro atoms. The van der Waals surface area contributed by atoms with E-state index in [1.807, 2.05) is 29.1 Å². The number of carbonyl (C=O) groups is 1. The molecule has 0 aliphatic carbocycles. The van der Waals surface area contributed by atoms with Gasteiger partial charge in [0.25, 0.3) is 0 Å². The van der Waals surface area contributed by atoms with E-state index in [0.717, 1.165) is 29.7 Å². The fourth-order valence-corrected chi connectivity index (χ4v) is 4.72. The number of benzene rings is 2. The second-order valence-corrected chi connectivity index (χ2v) is 9.30. The van der Waals surface area contributed by atoms with Crippen LogP contribution in [-0.4, -0.2) is 70.0 Å². The lowest BCUT2D eigenvalue weighted by atomic mass is 10.0. The highest BCUT2D eigenvalue weighted by Crippen LogP contribution is 2.36. The van der Waals surface area contributed by atoms with Crippen LogP contribution in [0.3, 0.4) is 0 Å². The van der Waals surface area contributed by atoms with Crippen LogP contribution in [0.15, 0.2) is 49.1 Å². The third kappa shape index (κ3) is 5.31. The number of fused-ring (bicyclic) bond motifs is 1. The largest absolute Gasteiger partial charge is 0.496 e. The third-order valence-electron chi connectivity index (χ3n) is 6.77. The number of nitrogens with zero attached hydrogens (tertiary/aromatic N) is 6. The van der Waals surface area contributed by atoms with Crippen molar-refractivity contribution in [2.45, 2.75) is 25.1 Å². The van der Waals surface area contributed by atoms with Gasteiger partial charge in [-0.05, 0) is 17.7 Å². The minimum absolute atomic E-state index is 0.0288. The number of ketones is 1. The lowest BCUT2D eigenvalue weighted by molar-refractivity contribution is -0.133. The number of halogens is 3. The Balaban J connectivity index is 1.42. The molecule has 4 aromatic rings. The van der Waals surface area contributed by atoms with Crippen LogP contribution in [0.2, 0.25) is 0 Å². The maximum absolute atomic E-state index is 12.7. The number of Topliss-reactive ketones (excluding diaryl/α,β-unsaturated/α-hetero) is 1. The molecule has 0 N–H and O–H groups in total. The molecule has 202 valence electrons. The lowest BCUT2D eigenvalue weighted by Gasteiger charge is -2.37. The molecule has 12 heteroatoms. The monoisotopic (exact) mass is 538 g/mol. The van der Waals surface area contributed by atoms with Gasteiger partial charge in [0, 0.05) is 43.4 Å². The summed E-state index contributed by atoms with van der Waals surface area (Å²) in [5.74, 6) is -0.480. The Labute approximate surface area is 222 Å². The van der Waals surface area contributed by atoms with Crippen molar-refractivity contribution in [1.29, 1.82) is 5.26 Å². The number of methoxy groups -OCH3 is 2. The van der Waals surface area contributed by atoms with Crippen LogP contribution in [0.1, 0.15) is 29.2 Å². The maximum atomic E-state index is 12.7. The molecule has 0 amide bonds. The quantitative estimate of drug-likeness (QED) is 0.223. The summed E-state index contributed by atoms with van der Waals surface area (Å²) in [6.45, 7) is 1.99. The van der Waals surface area contributed by atoms with Gasteiger partial charge in [-0.1, -0.05) is 6.07 Å². The molecule has 9 nitrogen and oxygen atoms in total. The van der Waals surface area contributed by atoms with E-state index in [2.05, 4.69) is 21.1 Å². The third-order valence-corrected chi connectivity index (χ3v) is 6.77. The zero-order chi connectivity index (χ0) is 27.7. The number of ether oxygens (including phenoxy) is 2. The van der Waals surface area contributed by atoms with Crippen molar-refractivity contribution in [3.05, 3.63) is 54.6 Å². The highest BCUT2D eigenvalue weighted by Gasteiger charge is 2.30. The first-order chi connectivity index (χ1) is 18.7. The zero-order valence-electron chi connectivity index (χ0n) is 21.3. The number of likely N-dealkylation sites (tertiary alicyclic amines) is 1. The fourth-order valence-electron chi connectivity index (χ4n) is 4.72. The van der Waals surface area contributed by atoms with Gasteiger partial charge in [0.05, 0.1) is 62.2 Å². The molecule has 1 aliphatic heterocycles. The molecule has 3 heterocycles. The highest BCUT2D eigenvalue weighted by atomic mass is 19.4. The van der Waals surface area contributed by atoms with E-state index in [1.54, 1.807) is 29.2 Å². The minimum atomic E-state index is -4.44. The van der Waals surface area contributed by atoms with E-state index >= 15 is 0 Å². The molecule has 0 radical (unpaired) electrons. The van der Waals surface area contributed by atoms with Crippen molar-refractivity contribution < 1.29 is 27.4 Å². The number of aromatic nitrogens is 4. The predicted octanol–water partition coefficient (Wildman–Crippen LogP) is 4.81. The molecule has 1 fully saturated rings. The predicted molar refractivity (Wildman–Crippen MR) is 136 cm³/mol. The van der Waals surface area contributed by atoms with E-state index < -0.39 is 24.8 Å². The standard InChI is InChI=1S/C27H25F3N6O3/c1-38-24-10-19(11-25(39-2)26(24)23(37)5-6-27(28,29)30)35-16-32-21-9-17(3-4-22(21)35)18-12-33-36(13-18)20-14-34(15-20)8-7-31/h3-4,9-13,16,20H,5-6,8,14-15H2,1-2H3. The molecule has 0 bridgehead atoms. The van der Waals surface area contributed by atoms with Crippen molar-refractivity contribution in [3.8, 4) is 34.4 Å². The lowest BCUT2D eigenvalue weighted by Crippen LogP contribution is -2.47. The number of carbonyl (C=O) groups excluding carboxylic acids is 1. The number of hydrogen-bond donors (Lipinski definition) is 0. The maximum Gasteiger partial charge on any atom is 0.389 e. The molecule has 1 saturated heterocycles. The zero-order valence-corrected chi connectivity index (χ0v) is 21.3. The van der Waals surface area contributed by atoms with Gasteiger partial charge in [-0.25, -0.2) is 4.98 Å². The normalized spacial score (nSPS) is 14.3. The smallest absolute Gasteiger partial charge is 0.389 e. The summed E-state index contributed by atoms with van der Waals surface area (Å²) in [5.41, 5.74) is 3.91. The van der Waals surface area contributed by atoms with E-state index in [-0.39, 0.29) is 23.1 Å². The minimum Gasteiger partial charge on any atom is -0.496 e. The Hall–Kier alpha value is -4.37. The summed E-state index contributed by atoms with van der Waals surface area (Å²) in [7, 11) is 2.70. The van der Waals surface area contributed by atoms with Crippen LogP contribution < -0.4 is 9.47 Å². The van der Waals surface area contributed by atoms with E-state index in [9.17, 15) is 18.0 Å². The van der Waals surface area contributed by atoms with E-state index in [1.165, 1.54) is 14.2 Å². The van der Waals surface area contributed by atoms with Gasteiger partial charge < -0.3 is 9.47 Å². The summed E-state index contributed by atoms with van der Waals surface area (Å²) in [5, 5.41) is 13.3. The Morgan fingerprint density at radius 3 is 2.49 bits per heavy atom. The van der Waals surface area contributed by atoms with Gasteiger partial charge in [0.2, 0.25) is 0 Å². The Morgan fingerprint density at radius 2 is 1.85 bits per heavy atom. The van der Waals surface area contributed by atoms with Crippen LogP contribution in [0.25, 0.3) is 27.8 Å². The SMILES string of the molecule is COc1cc(-n2cnc3cc(-c4cnn(C5CN(CC#N)C5)c4)ccc32)cc(OC)c1C(=O)CCC(F)(F)F. The van der Waals surface area contributed by atoms with Gasteiger partial charge in [-0.3, -0.25) is 18.9 Å². The van der Waals surface area contributed by atoms with Crippen LogP contribution in [0, 0.1) is 11.3 Å². The number of rotatable bonds is 9. The van der Waals surface area contributed by atoms with Gasteiger partial charge >= 0.3 is 6.18 Å². The summed E-state index contributed by atoms with van der Waals surface area (Å²) in [6, 6.07) is 11.4. The average Bonchev–Trinajstić information content (AvgIpc) is 3.55. The van der Waals surface area contributed by atoms with Crippen molar-refractivity contribution in [1.82, 2.24) is 24.2 Å². The van der Waals surface area contributed by atoms with Gasteiger partial charge in [-0.15, -0.1) is 0 Å². The van der Waals surface area contributed by atoms with Crippen molar-refractivity contribution >= 4 is 16.8 Å². The first kappa shape index (κ1) is 26.2. The van der Waals surface area contributed by atoms with Gasteiger partial charge in [0.1, 0.15) is 23.4 Å². The Kier molecular flexibility index (Phi) is 7.01. The summed E-state index contributed by atoms with van der Waals surface area (Å²) < 4.78 is 52.5. The van der Waals surface area contributed by atoms with Crippen molar-refractivity contribution in [2.24, 2.45) is 0 Å². The van der Waals surface area contributed by atoms with Crippen LogP contribution >= 0.6 is 0 Å². The van der Waals surface area contributed by atoms with Crippen molar-refractivity contribution in [3.63, 3.8) is 0 Å². The molecule has 5 rings (SSSR count). The molecular weight excluding hydrogens is 513 g/mol. The molecule has 0 unspecified atom stereocenters. The molecule has 1 aliphatic rings. The number of alkyl halides is 3. The molecule has 0 saturated carbocycles. The molecular formula is C27H25F3N6O3. The summed E-state index contributed by atoms with van der Waals surface area (Å²) in [4.78, 5) is 19.2. The van der Waals surface area contributed by atoms with E-state index in [0.29, 0.717) is 17.7 Å². The number of nitriles is 1. The van der Waals surface area contributed by atoms with Gasteiger partial charge in [-0.2, -0.15) is 23.5 Å². The van der Waals surface area contributed by atoms with Crippen LogP contribution in [0.5, 0.6) is 11.5 Å². The van der Waals surface area contributed by atoms with Crippen LogP contribution in [0.4, 0.5) is 13.2 Å². The van der Waals surface area contributed by atoms with E-state index in [4.69, 9.17) is 14.7 Å². The second kappa shape index (κ2) is 10.4. The van der Waals surface area contributed by atoms with Crippen LogP contribution in [-0.2, 0) is 0 Å². The summed E-state index contributed by atoms with van der Waals surface area (Å²) in [6.07, 6.45) is -0.976. The number of imidazole rings is 1. The van der Waals surface area contributed by atoms with Gasteiger partial charge in [0.15, 0.2) is 5.78 Å².